The van der Waals surface area contributed by atoms with Crippen molar-refractivity contribution in [2.45, 2.75) is 13.8 Å². The van der Waals surface area contributed by atoms with Gasteiger partial charge in [0.15, 0.2) is 5.69 Å². The van der Waals surface area contributed by atoms with Gasteiger partial charge in [-0.05, 0) is 43.2 Å². The maximum atomic E-state index is 11.6. The van der Waals surface area contributed by atoms with E-state index < -0.39 is 5.97 Å². The molecule has 0 saturated heterocycles. The van der Waals surface area contributed by atoms with Gasteiger partial charge in [0.1, 0.15) is 5.69 Å². The van der Waals surface area contributed by atoms with Gasteiger partial charge in [0.2, 0.25) is 0 Å². The van der Waals surface area contributed by atoms with E-state index in [1.54, 1.807) is 18.3 Å². The summed E-state index contributed by atoms with van der Waals surface area (Å²) < 4.78 is 1.47. The van der Waals surface area contributed by atoms with Crippen molar-refractivity contribution in [1.29, 1.82) is 0 Å². The van der Waals surface area contributed by atoms with Gasteiger partial charge in [0.05, 0.1) is 11.4 Å². The number of aryl methyl sites for hydroxylation is 2. The van der Waals surface area contributed by atoms with Crippen molar-refractivity contribution in [3.63, 3.8) is 0 Å². The highest BCUT2D eigenvalue weighted by Gasteiger charge is 2.18. The van der Waals surface area contributed by atoms with Crippen LogP contribution in [0.3, 0.4) is 0 Å². The molecule has 3 rings (SSSR count). The van der Waals surface area contributed by atoms with Gasteiger partial charge in [0, 0.05) is 12.3 Å². The smallest absolute Gasteiger partial charge is 0.354 e. The molecule has 110 valence electrons. The number of aromatic nitrogens is 3. The third-order valence-corrected chi connectivity index (χ3v) is 3.45. The van der Waals surface area contributed by atoms with Crippen molar-refractivity contribution in [1.82, 2.24) is 14.8 Å². The summed E-state index contributed by atoms with van der Waals surface area (Å²) in [4.78, 5) is 15.8. The molecule has 0 saturated carbocycles. The zero-order valence-electron chi connectivity index (χ0n) is 12.3. The van der Waals surface area contributed by atoms with Crippen LogP contribution in [0.1, 0.15) is 21.6 Å². The van der Waals surface area contributed by atoms with Crippen LogP contribution in [0, 0.1) is 13.8 Å². The molecule has 0 spiro atoms. The molecule has 5 heteroatoms. The van der Waals surface area contributed by atoms with E-state index >= 15 is 0 Å². The first-order valence-electron chi connectivity index (χ1n) is 6.88. The first-order valence-corrected chi connectivity index (χ1v) is 6.88. The summed E-state index contributed by atoms with van der Waals surface area (Å²) in [5.41, 5.74) is 4.08. The summed E-state index contributed by atoms with van der Waals surface area (Å²) in [7, 11) is 0. The molecule has 22 heavy (non-hydrogen) atoms. The molecule has 1 aromatic carbocycles. The van der Waals surface area contributed by atoms with Crippen LogP contribution < -0.4 is 0 Å². The molecular formula is C17H15N3O2. The maximum absolute atomic E-state index is 11.6. The van der Waals surface area contributed by atoms with Crippen LogP contribution in [0.2, 0.25) is 0 Å². The number of carbonyl (C=O) groups is 1. The highest BCUT2D eigenvalue weighted by molar-refractivity contribution is 5.88. The monoisotopic (exact) mass is 293 g/mol. The van der Waals surface area contributed by atoms with Crippen LogP contribution in [0.25, 0.3) is 17.1 Å². The van der Waals surface area contributed by atoms with E-state index in [0.29, 0.717) is 11.4 Å². The molecular weight excluding hydrogens is 278 g/mol. The quantitative estimate of drug-likeness (QED) is 0.805. The molecule has 1 N–H and O–H groups in total. The molecule has 0 aliphatic heterocycles. The van der Waals surface area contributed by atoms with E-state index in [1.807, 2.05) is 44.2 Å². The van der Waals surface area contributed by atoms with Crippen LogP contribution in [0.5, 0.6) is 0 Å². The van der Waals surface area contributed by atoms with Gasteiger partial charge in [-0.25, -0.2) is 9.48 Å². The molecule has 0 unspecified atom stereocenters. The number of aromatic carboxylic acids is 1. The van der Waals surface area contributed by atoms with Gasteiger partial charge in [-0.15, -0.1) is 0 Å². The Labute approximate surface area is 127 Å². The molecule has 0 aliphatic carbocycles. The first kappa shape index (κ1) is 14.0. The zero-order chi connectivity index (χ0) is 15.7. The van der Waals surface area contributed by atoms with Crippen molar-refractivity contribution in [3.05, 3.63) is 65.5 Å². The number of rotatable bonds is 3. The number of carboxylic acid groups (broad SMARTS) is 1. The minimum Gasteiger partial charge on any atom is -0.477 e. The third kappa shape index (κ3) is 2.48. The van der Waals surface area contributed by atoms with E-state index in [-0.39, 0.29) is 5.69 Å². The second kappa shape index (κ2) is 5.44. The van der Waals surface area contributed by atoms with Crippen molar-refractivity contribution in [3.8, 4) is 17.1 Å². The molecule has 0 aliphatic rings. The third-order valence-electron chi connectivity index (χ3n) is 3.45. The number of benzene rings is 1. The number of hydrogen-bond acceptors (Lipinski definition) is 3. The molecule has 5 nitrogen and oxygen atoms in total. The Kier molecular flexibility index (Phi) is 3.47. The average Bonchev–Trinajstić information content (AvgIpc) is 2.96. The fourth-order valence-corrected chi connectivity index (χ4v) is 2.30. The van der Waals surface area contributed by atoms with Crippen LogP contribution in [0.15, 0.2) is 48.7 Å². The summed E-state index contributed by atoms with van der Waals surface area (Å²) in [5, 5.41) is 13.9. The largest absolute Gasteiger partial charge is 0.477 e. The van der Waals surface area contributed by atoms with Crippen LogP contribution >= 0.6 is 0 Å². The van der Waals surface area contributed by atoms with E-state index in [1.165, 1.54) is 4.68 Å². The molecule has 0 radical (unpaired) electrons. The Morgan fingerprint density at radius 1 is 1.09 bits per heavy atom. The Balaban J connectivity index is 2.21. The number of pyridine rings is 1. The number of nitrogens with zero attached hydrogens (tertiary/aromatic N) is 3. The van der Waals surface area contributed by atoms with Gasteiger partial charge in [-0.2, -0.15) is 5.10 Å². The zero-order valence-corrected chi connectivity index (χ0v) is 12.3. The lowest BCUT2D eigenvalue weighted by atomic mass is 10.1. The number of carboxylic acids is 1. The molecule has 0 bridgehead atoms. The number of hydrogen-bond donors (Lipinski definition) is 1. The SMILES string of the molecule is Cc1ccc(C)c(-n2nc(-c3ccccn3)cc2C(=O)O)c1. The van der Waals surface area contributed by atoms with E-state index in [2.05, 4.69) is 10.1 Å². The van der Waals surface area contributed by atoms with Crippen LogP contribution in [-0.4, -0.2) is 25.8 Å². The average molecular weight is 293 g/mol. The van der Waals surface area contributed by atoms with E-state index in [9.17, 15) is 9.90 Å². The van der Waals surface area contributed by atoms with Crippen molar-refractivity contribution in [2.24, 2.45) is 0 Å². The predicted molar refractivity (Wildman–Crippen MR) is 83.2 cm³/mol. The highest BCUT2D eigenvalue weighted by Crippen LogP contribution is 2.22. The van der Waals surface area contributed by atoms with Crippen molar-refractivity contribution < 1.29 is 9.90 Å². The van der Waals surface area contributed by atoms with Gasteiger partial charge in [0.25, 0.3) is 0 Å². The molecule has 0 amide bonds. The van der Waals surface area contributed by atoms with E-state index in [4.69, 9.17) is 0 Å². The summed E-state index contributed by atoms with van der Waals surface area (Å²) in [6, 6.07) is 12.9. The summed E-state index contributed by atoms with van der Waals surface area (Å²) in [6.45, 7) is 3.90. The summed E-state index contributed by atoms with van der Waals surface area (Å²) in [6.07, 6.45) is 1.66. The van der Waals surface area contributed by atoms with Crippen molar-refractivity contribution >= 4 is 5.97 Å². The second-order valence-electron chi connectivity index (χ2n) is 5.14. The fourth-order valence-electron chi connectivity index (χ4n) is 2.30. The van der Waals surface area contributed by atoms with Gasteiger partial charge in [-0.3, -0.25) is 4.98 Å². The molecule has 3 aromatic rings. The molecule has 2 aromatic heterocycles. The van der Waals surface area contributed by atoms with Gasteiger partial charge >= 0.3 is 5.97 Å². The fraction of sp³-hybridized carbons (Fsp3) is 0.118. The normalized spacial score (nSPS) is 10.6. The molecule has 0 fully saturated rings. The second-order valence-corrected chi connectivity index (χ2v) is 5.14. The first-order chi connectivity index (χ1) is 10.6. The maximum Gasteiger partial charge on any atom is 0.354 e. The van der Waals surface area contributed by atoms with Gasteiger partial charge < -0.3 is 5.11 Å². The lowest BCUT2D eigenvalue weighted by molar-refractivity contribution is 0.0687. The lowest BCUT2D eigenvalue weighted by Gasteiger charge is -2.09. The minimum absolute atomic E-state index is 0.120. The molecule has 2 heterocycles. The van der Waals surface area contributed by atoms with Crippen LogP contribution in [-0.2, 0) is 0 Å². The van der Waals surface area contributed by atoms with Crippen LogP contribution in [0.4, 0.5) is 0 Å². The Morgan fingerprint density at radius 2 is 1.91 bits per heavy atom. The standard InChI is InChI=1S/C17H15N3O2/c1-11-6-7-12(2)15(9-11)20-16(17(21)22)10-14(19-20)13-5-3-4-8-18-13/h3-10H,1-2H3,(H,21,22). The topological polar surface area (TPSA) is 68.0 Å². The Bertz CT molecular complexity index is 838. The Hall–Kier alpha value is -2.95. The molecule has 0 atom stereocenters. The lowest BCUT2D eigenvalue weighted by Crippen LogP contribution is -2.09. The Morgan fingerprint density at radius 3 is 2.59 bits per heavy atom. The van der Waals surface area contributed by atoms with Gasteiger partial charge in [-0.1, -0.05) is 18.2 Å². The predicted octanol–water partition coefficient (Wildman–Crippen LogP) is 3.25. The summed E-state index contributed by atoms with van der Waals surface area (Å²) >= 11 is 0. The highest BCUT2D eigenvalue weighted by atomic mass is 16.4. The minimum atomic E-state index is -1.02. The van der Waals surface area contributed by atoms with Crippen molar-refractivity contribution in [2.75, 3.05) is 0 Å². The van der Waals surface area contributed by atoms with E-state index in [0.717, 1.165) is 16.8 Å². The summed E-state index contributed by atoms with van der Waals surface area (Å²) in [5.74, 6) is -1.02.